The molecule has 0 spiro atoms. The Morgan fingerprint density at radius 2 is 2.50 bits per heavy atom. The van der Waals surface area contributed by atoms with Crippen LogP contribution in [0.5, 0.6) is 0 Å². The van der Waals surface area contributed by atoms with Crippen molar-refractivity contribution >= 4 is 6.21 Å². The summed E-state index contributed by atoms with van der Waals surface area (Å²) in [6.07, 6.45) is 5.07. The largest absolute Gasteiger partial charge is 0.310 e. The molecule has 0 aliphatic carbocycles. The van der Waals surface area contributed by atoms with Crippen molar-refractivity contribution in [3.63, 3.8) is 0 Å². The summed E-state index contributed by atoms with van der Waals surface area (Å²) in [5.41, 5.74) is 1.28. The summed E-state index contributed by atoms with van der Waals surface area (Å²) in [6.45, 7) is 4.25. The summed E-state index contributed by atoms with van der Waals surface area (Å²) >= 11 is 0. The van der Waals surface area contributed by atoms with Gasteiger partial charge in [-0.1, -0.05) is 0 Å². The minimum atomic E-state index is 0.381. The van der Waals surface area contributed by atoms with Crippen molar-refractivity contribution in [1.29, 1.82) is 5.41 Å². The van der Waals surface area contributed by atoms with Crippen LogP contribution in [0.25, 0.3) is 0 Å². The van der Waals surface area contributed by atoms with Crippen molar-refractivity contribution < 1.29 is 0 Å². The number of nitrogens with zero attached hydrogens (tertiary/aromatic N) is 3. The van der Waals surface area contributed by atoms with Gasteiger partial charge in [0.1, 0.15) is 12.2 Å². The third kappa shape index (κ3) is 2.02. The molecular weight excluding hydrogens is 152 g/mol. The molecule has 0 radical (unpaired) electrons. The van der Waals surface area contributed by atoms with Crippen LogP contribution in [0.4, 0.5) is 0 Å². The molecule has 0 unspecified atom stereocenters. The molecule has 0 aromatic carbocycles. The molecule has 1 rings (SSSR count). The maximum absolute atomic E-state index is 7.47. The van der Waals surface area contributed by atoms with Gasteiger partial charge in [-0.25, -0.2) is 0 Å². The summed E-state index contributed by atoms with van der Waals surface area (Å²) in [7, 11) is 0. The number of nitrogens with one attached hydrogen (secondary N) is 1. The summed E-state index contributed by atoms with van der Waals surface area (Å²) < 4.78 is 1.74. The van der Waals surface area contributed by atoms with Crippen LogP contribution in [0.1, 0.15) is 12.6 Å². The average molecular weight is 164 g/mol. The summed E-state index contributed by atoms with van der Waals surface area (Å²) in [6, 6.07) is 0. The Hall–Kier alpha value is -1.45. The number of rotatable bonds is 2. The topological polar surface area (TPSA) is 54.0 Å². The van der Waals surface area contributed by atoms with Crippen LogP contribution >= 0.6 is 0 Å². The van der Waals surface area contributed by atoms with Crippen molar-refractivity contribution in [2.75, 3.05) is 0 Å². The first kappa shape index (κ1) is 8.64. The molecule has 64 valence electrons. The number of hydrogen-bond donors (Lipinski definition) is 1. The first-order valence-corrected chi connectivity index (χ1v) is 3.76. The number of aliphatic imine (C=N–C) groups is 1. The standard InChI is InChI=1S/C8H12N4/c1-3-10-6-12-5-7(2)11-4-8(12)9/h3-5,9H,6H2,1-2H3/b9-8?,10-3-. The molecule has 1 N–H and O–H groups in total. The molecule has 1 aromatic rings. The molecule has 0 fully saturated rings. The highest BCUT2D eigenvalue weighted by Gasteiger charge is 1.90. The van der Waals surface area contributed by atoms with Gasteiger partial charge in [0.2, 0.25) is 0 Å². The van der Waals surface area contributed by atoms with Crippen molar-refractivity contribution in [3.8, 4) is 0 Å². The van der Waals surface area contributed by atoms with Gasteiger partial charge in [-0.05, 0) is 20.1 Å². The predicted octanol–water partition coefficient (Wildman–Crippen LogP) is 0.719. The highest BCUT2D eigenvalue weighted by Crippen LogP contribution is 1.86. The monoisotopic (exact) mass is 164 g/mol. The van der Waals surface area contributed by atoms with Gasteiger partial charge in [0, 0.05) is 6.20 Å². The van der Waals surface area contributed by atoms with E-state index in [1.165, 1.54) is 6.20 Å². The van der Waals surface area contributed by atoms with Crippen LogP contribution in [0, 0.1) is 12.3 Å². The lowest BCUT2D eigenvalue weighted by Crippen LogP contribution is -2.19. The Balaban J connectivity index is 2.97. The van der Waals surface area contributed by atoms with E-state index in [4.69, 9.17) is 5.41 Å². The Bertz CT molecular complexity index is 337. The summed E-state index contributed by atoms with van der Waals surface area (Å²) in [4.78, 5) is 8.02. The quantitative estimate of drug-likeness (QED) is 0.643. The van der Waals surface area contributed by atoms with Gasteiger partial charge in [-0.2, -0.15) is 0 Å². The van der Waals surface area contributed by atoms with Gasteiger partial charge in [-0.15, -0.1) is 0 Å². The second-order valence-electron chi connectivity index (χ2n) is 2.47. The molecule has 4 heteroatoms. The zero-order valence-corrected chi connectivity index (χ0v) is 7.28. The van der Waals surface area contributed by atoms with E-state index >= 15 is 0 Å². The lowest BCUT2D eigenvalue weighted by molar-refractivity contribution is 0.668. The SMILES string of the molecule is C/C=N\Cn1cc(C)ncc1=N. The van der Waals surface area contributed by atoms with Gasteiger partial charge in [0.25, 0.3) is 0 Å². The van der Waals surface area contributed by atoms with Crippen LogP contribution in [0.3, 0.4) is 0 Å². The minimum absolute atomic E-state index is 0.381. The second kappa shape index (κ2) is 3.80. The normalized spacial score (nSPS) is 10.8. The third-order valence-corrected chi connectivity index (χ3v) is 1.46. The number of aromatic nitrogens is 2. The highest BCUT2D eigenvalue weighted by atomic mass is 15.1. The van der Waals surface area contributed by atoms with Crippen LogP contribution in [0.15, 0.2) is 17.4 Å². The van der Waals surface area contributed by atoms with E-state index < -0.39 is 0 Å². The maximum Gasteiger partial charge on any atom is 0.145 e. The van der Waals surface area contributed by atoms with E-state index in [0.717, 1.165) is 5.69 Å². The van der Waals surface area contributed by atoms with Crippen molar-refractivity contribution in [1.82, 2.24) is 9.55 Å². The smallest absolute Gasteiger partial charge is 0.145 e. The first-order chi connectivity index (χ1) is 5.74. The molecule has 0 aliphatic rings. The lowest BCUT2D eigenvalue weighted by atomic mass is 10.5. The Kier molecular flexibility index (Phi) is 2.74. The number of hydrogen-bond acceptors (Lipinski definition) is 3. The van der Waals surface area contributed by atoms with Crippen LogP contribution in [-0.2, 0) is 6.67 Å². The fourth-order valence-corrected chi connectivity index (χ4v) is 0.852. The van der Waals surface area contributed by atoms with E-state index in [-0.39, 0.29) is 0 Å². The van der Waals surface area contributed by atoms with E-state index in [1.54, 1.807) is 10.8 Å². The third-order valence-electron chi connectivity index (χ3n) is 1.46. The van der Waals surface area contributed by atoms with Gasteiger partial charge in [0.15, 0.2) is 0 Å². The molecular formula is C8H12N4. The molecule has 0 aliphatic heterocycles. The highest BCUT2D eigenvalue weighted by molar-refractivity contribution is 5.52. The molecule has 0 bridgehead atoms. The molecule has 0 saturated heterocycles. The van der Waals surface area contributed by atoms with Crippen LogP contribution < -0.4 is 5.49 Å². The molecule has 12 heavy (non-hydrogen) atoms. The fourth-order valence-electron chi connectivity index (χ4n) is 0.852. The molecule has 1 heterocycles. The molecule has 0 atom stereocenters. The summed E-state index contributed by atoms with van der Waals surface area (Å²) in [5.74, 6) is 0. The summed E-state index contributed by atoms with van der Waals surface area (Å²) in [5, 5.41) is 7.47. The molecule has 0 amide bonds. The van der Waals surface area contributed by atoms with Crippen molar-refractivity contribution in [2.24, 2.45) is 4.99 Å². The van der Waals surface area contributed by atoms with Gasteiger partial charge < -0.3 is 4.57 Å². The Morgan fingerprint density at radius 3 is 3.17 bits per heavy atom. The van der Waals surface area contributed by atoms with Crippen molar-refractivity contribution in [3.05, 3.63) is 23.6 Å². The van der Waals surface area contributed by atoms with Crippen LogP contribution in [0.2, 0.25) is 0 Å². The van der Waals surface area contributed by atoms with Crippen LogP contribution in [-0.4, -0.2) is 15.8 Å². The van der Waals surface area contributed by atoms with E-state index in [1.807, 2.05) is 20.0 Å². The molecule has 1 aromatic heterocycles. The Morgan fingerprint density at radius 1 is 1.75 bits per heavy atom. The maximum atomic E-state index is 7.47. The zero-order valence-electron chi connectivity index (χ0n) is 7.28. The second-order valence-corrected chi connectivity index (χ2v) is 2.47. The molecule has 4 nitrogen and oxygen atoms in total. The van der Waals surface area contributed by atoms with E-state index in [0.29, 0.717) is 12.2 Å². The van der Waals surface area contributed by atoms with E-state index in [2.05, 4.69) is 9.98 Å². The van der Waals surface area contributed by atoms with E-state index in [9.17, 15) is 0 Å². The van der Waals surface area contributed by atoms with Gasteiger partial charge in [0.05, 0.1) is 11.9 Å². The zero-order chi connectivity index (χ0) is 8.97. The lowest BCUT2D eigenvalue weighted by Gasteiger charge is -2.02. The minimum Gasteiger partial charge on any atom is -0.310 e. The Labute approximate surface area is 71.1 Å². The first-order valence-electron chi connectivity index (χ1n) is 3.76. The number of aryl methyl sites for hydroxylation is 1. The fraction of sp³-hybridized carbons (Fsp3) is 0.375. The molecule has 0 saturated carbocycles. The van der Waals surface area contributed by atoms with Gasteiger partial charge >= 0.3 is 0 Å². The van der Waals surface area contributed by atoms with Crippen molar-refractivity contribution in [2.45, 2.75) is 20.5 Å². The predicted molar refractivity (Wildman–Crippen MR) is 47.0 cm³/mol. The average Bonchev–Trinajstić information content (AvgIpc) is 2.07. The van der Waals surface area contributed by atoms with Gasteiger partial charge in [-0.3, -0.25) is 15.4 Å².